The van der Waals surface area contributed by atoms with Gasteiger partial charge in [-0.25, -0.2) is 0 Å². The highest BCUT2D eigenvalue weighted by atomic mass is 79.9. The lowest BCUT2D eigenvalue weighted by Crippen LogP contribution is -2.38. The molecule has 2 atom stereocenters. The van der Waals surface area contributed by atoms with Gasteiger partial charge in [0.15, 0.2) is 0 Å². The van der Waals surface area contributed by atoms with Crippen LogP contribution in [0.3, 0.4) is 0 Å². The molecule has 0 amide bonds. The molecule has 1 heterocycles. The Hall–Kier alpha value is -0.870. The minimum Gasteiger partial charge on any atom is -0.481 e. The molecule has 1 aliphatic heterocycles. The number of benzene rings is 1. The standard InChI is InChI=1S/C12H14BrNO2/c13-9-3-1-2-8(6-9)11-7-14-5-4-10(11)12(15)16/h1-3,6,10-11,14H,4-5,7H2,(H,15,16). The van der Waals surface area contributed by atoms with Gasteiger partial charge in [-0.3, -0.25) is 4.79 Å². The molecule has 86 valence electrons. The molecule has 16 heavy (non-hydrogen) atoms. The van der Waals surface area contributed by atoms with Gasteiger partial charge in [0.1, 0.15) is 0 Å². The summed E-state index contributed by atoms with van der Waals surface area (Å²) in [4.78, 5) is 11.2. The molecule has 0 radical (unpaired) electrons. The second-order valence-electron chi connectivity index (χ2n) is 4.10. The number of carboxylic acid groups (broad SMARTS) is 1. The van der Waals surface area contributed by atoms with Crippen molar-refractivity contribution in [1.29, 1.82) is 0 Å². The maximum Gasteiger partial charge on any atom is 0.307 e. The lowest BCUT2D eigenvalue weighted by atomic mass is 9.81. The summed E-state index contributed by atoms with van der Waals surface area (Å²) < 4.78 is 1.000. The third-order valence-corrected chi connectivity index (χ3v) is 3.57. The van der Waals surface area contributed by atoms with Gasteiger partial charge >= 0.3 is 5.97 Å². The molecule has 0 spiro atoms. The molecule has 2 rings (SSSR count). The molecule has 2 unspecified atom stereocenters. The Kier molecular flexibility index (Phi) is 3.61. The Morgan fingerprint density at radius 1 is 1.50 bits per heavy atom. The zero-order valence-corrected chi connectivity index (χ0v) is 10.4. The molecule has 4 heteroatoms. The second kappa shape index (κ2) is 4.97. The Morgan fingerprint density at radius 3 is 3.00 bits per heavy atom. The molecular formula is C12H14BrNO2. The van der Waals surface area contributed by atoms with Gasteiger partial charge in [-0.05, 0) is 30.7 Å². The quantitative estimate of drug-likeness (QED) is 0.875. The maximum absolute atomic E-state index is 11.2. The monoisotopic (exact) mass is 283 g/mol. The van der Waals surface area contributed by atoms with Crippen LogP contribution in [0.1, 0.15) is 17.9 Å². The smallest absolute Gasteiger partial charge is 0.307 e. The summed E-state index contributed by atoms with van der Waals surface area (Å²) in [5, 5.41) is 12.5. The average Bonchev–Trinajstić information content (AvgIpc) is 2.29. The van der Waals surface area contributed by atoms with Gasteiger partial charge < -0.3 is 10.4 Å². The topological polar surface area (TPSA) is 49.3 Å². The number of carboxylic acids is 1. The zero-order chi connectivity index (χ0) is 11.5. The van der Waals surface area contributed by atoms with Crippen molar-refractivity contribution in [2.75, 3.05) is 13.1 Å². The van der Waals surface area contributed by atoms with E-state index in [1.54, 1.807) is 0 Å². The van der Waals surface area contributed by atoms with Crippen molar-refractivity contribution >= 4 is 21.9 Å². The van der Waals surface area contributed by atoms with Gasteiger partial charge in [0.05, 0.1) is 5.92 Å². The predicted octanol–water partition coefficient (Wildman–Crippen LogP) is 2.23. The minimum atomic E-state index is -0.688. The van der Waals surface area contributed by atoms with E-state index < -0.39 is 5.97 Å². The Balaban J connectivity index is 2.26. The van der Waals surface area contributed by atoms with Crippen LogP contribution in [-0.2, 0) is 4.79 Å². The van der Waals surface area contributed by atoms with Gasteiger partial charge in [0.2, 0.25) is 0 Å². The van der Waals surface area contributed by atoms with Crippen molar-refractivity contribution in [1.82, 2.24) is 5.32 Å². The lowest BCUT2D eigenvalue weighted by molar-refractivity contribution is -0.143. The van der Waals surface area contributed by atoms with E-state index in [0.717, 1.165) is 23.1 Å². The molecule has 0 aliphatic carbocycles. The molecule has 1 aliphatic rings. The van der Waals surface area contributed by atoms with Crippen LogP contribution in [0.4, 0.5) is 0 Å². The van der Waals surface area contributed by atoms with Crippen LogP contribution in [-0.4, -0.2) is 24.2 Å². The molecule has 1 saturated heterocycles. The van der Waals surface area contributed by atoms with Gasteiger partial charge in [-0.1, -0.05) is 28.1 Å². The molecule has 1 aromatic carbocycles. The first-order valence-corrected chi connectivity index (χ1v) is 6.17. The molecule has 1 fully saturated rings. The van der Waals surface area contributed by atoms with Crippen LogP contribution in [0.15, 0.2) is 28.7 Å². The van der Waals surface area contributed by atoms with Gasteiger partial charge in [-0.15, -0.1) is 0 Å². The van der Waals surface area contributed by atoms with E-state index in [0.29, 0.717) is 6.42 Å². The summed E-state index contributed by atoms with van der Waals surface area (Å²) in [6, 6.07) is 7.91. The first kappa shape index (κ1) is 11.6. The molecule has 1 aromatic rings. The second-order valence-corrected chi connectivity index (χ2v) is 5.01. The molecule has 3 nitrogen and oxygen atoms in total. The van der Waals surface area contributed by atoms with Crippen molar-refractivity contribution in [3.63, 3.8) is 0 Å². The first-order valence-electron chi connectivity index (χ1n) is 5.37. The highest BCUT2D eigenvalue weighted by Gasteiger charge is 2.31. The van der Waals surface area contributed by atoms with E-state index in [1.165, 1.54) is 0 Å². The fraction of sp³-hybridized carbons (Fsp3) is 0.417. The van der Waals surface area contributed by atoms with Crippen molar-refractivity contribution < 1.29 is 9.90 Å². The van der Waals surface area contributed by atoms with E-state index in [-0.39, 0.29) is 11.8 Å². The van der Waals surface area contributed by atoms with Gasteiger partial charge in [-0.2, -0.15) is 0 Å². The maximum atomic E-state index is 11.2. The number of carbonyl (C=O) groups is 1. The highest BCUT2D eigenvalue weighted by Crippen LogP contribution is 2.30. The number of piperidine rings is 1. The largest absolute Gasteiger partial charge is 0.481 e. The van der Waals surface area contributed by atoms with Crippen LogP contribution in [0, 0.1) is 5.92 Å². The summed E-state index contributed by atoms with van der Waals surface area (Å²) in [5.74, 6) is -0.884. The molecule has 0 bridgehead atoms. The summed E-state index contributed by atoms with van der Waals surface area (Å²) in [6.07, 6.45) is 0.701. The average molecular weight is 284 g/mol. The normalized spacial score (nSPS) is 25.3. The van der Waals surface area contributed by atoms with E-state index in [9.17, 15) is 9.90 Å². The fourth-order valence-electron chi connectivity index (χ4n) is 2.24. The Bertz CT molecular complexity index is 394. The van der Waals surface area contributed by atoms with Crippen molar-refractivity contribution in [3.8, 4) is 0 Å². The van der Waals surface area contributed by atoms with E-state index in [1.807, 2.05) is 24.3 Å². The van der Waals surface area contributed by atoms with E-state index in [4.69, 9.17) is 0 Å². The number of halogens is 1. The highest BCUT2D eigenvalue weighted by molar-refractivity contribution is 9.10. The number of rotatable bonds is 2. The van der Waals surface area contributed by atoms with Gasteiger partial charge in [0.25, 0.3) is 0 Å². The molecule has 2 N–H and O–H groups in total. The Labute approximate surface area is 103 Å². The first-order chi connectivity index (χ1) is 7.68. The number of nitrogens with one attached hydrogen (secondary N) is 1. The van der Waals surface area contributed by atoms with Crippen LogP contribution in [0.25, 0.3) is 0 Å². The van der Waals surface area contributed by atoms with Gasteiger partial charge in [0, 0.05) is 16.9 Å². The third kappa shape index (κ3) is 2.44. The minimum absolute atomic E-state index is 0.0729. The molecule has 0 aromatic heterocycles. The van der Waals surface area contributed by atoms with Crippen molar-refractivity contribution in [2.45, 2.75) is 12.3 Å². The van der Waals surface area contributed by atoms with Crippen molar-refractivity contribution in [3.05, 3.63) is 34.3 Å². The molecular weight excluding hydrogens is 270 g/mol. The van der Waals surface area contributed by atoms with Crippen LogP contribution >= 0.6 is 15.9 Å². The lowest BCUT2D eigenvalue weighted by Gasteiger charge is -2.29. The summed E-state index contributed by atoms with van der Waals surface area (Å²) in [7, 11) is 0. The third-order valence-electron chi connectivity index (χ3n) is 3.08. The van der Waals surface area contributed by atoms with Crippen molar-refractivity contribution in [2.24, 2.45) is 5.92 Å². The van der Waals surface area contributed by atoms with Crippen LogP contribution in [0.2, 0.25) is 0 Å². The summed E-state index contributed by atoms with van der Waals surface area (Å²) in [6.45, 7) is 1.54. The Morgan fingerprint density at radius 2 is 2.31 bits per heavy atom. The number of hydrogen-bond donors (Lipinski definition) is 2. The summed E-state index contributed by atoms with van der Waals surface area (Å²) >= 11 is 3.42. The number of hydrogen-bond acceptors (Lipinski definition) is 2. The van der Waals surface area contributed by atoms with E-state index in [2.05, 4.69) is 21.2 Å². The molecule has 0 saturated carbocycles. The fourth-order valence-corrected chi connectivity index (χ4v) is 2.66. The van der Waals surface area contributed by atoms with E-state index >= 15 is 0 Å². The predicted molar refractivity (Wildman–Crippen MR) is 65.5 cm³/mol. The van der Waals surface area contributed by atoms with Crippen LogP contribution in [0.5, 0.6) is 0 Å². The summed E-state index contributed by atoms with van der Waals surface area (Å²) in [5.41, 5.74) is 1.09. The zero-order valence-electron chi connectivity index (χ0n) is 8.82. The van der Waals surface area contributed by atoms with Crippen LogP contribution < -0.4 is 5.32 Å². The SMILES string of the molecule is O=C(O)C1CCNCC1c1cccc(Br)c1. The number of aliphatic carboxylic acids is 1.